The Labute approximate surface area is 255 Å². The monoisotopic (exact) mass is 609 g/mol. The van der Waals surface area contributed by atoms with Crippen LogP contribution in [0.25, 0.3) is 33.5 Å². The van der Waals surface area contributed by atoms with Crippen molar-refractivity contribution in [2.45, 2.75) is 0 Å². The summed E-state index contributed by atoms with van der Waals surface area (Å²) in [7, 11) is 3.73. The van der Waals surface area contributed by atoms with Gasteiger partial charge < -0.3 is 19.4 Å². The lowest BCUT2D eigenvalue weighted by atomic mass is 10.2. The zero-order chi connectivity index (χ0) is 30.8. The molecule has 0 aliphatic carbocycles. The number of rotatable bonds is 8. The van der Waals surface area contributed by atoms with Gasteiger partial charge in [0.1, 0.15) is 17.1 Å². The number of furan rings is 1. The van der Waals surface area contributed by atoms with E-state index in [1.807, 2.05) is 25.1 Å². The maximum Gasteiger partial charge on any atom is 0.282 e. The van der Waals surface area contributed by atoms with Crippen LogP contribution in [0, 0.1) is 5.82 Å². The molecule has 4 aromatic carbocycles. The van der Waals surface area contributed by atoms with E-state index in [0.717, 1.165) is 15.7 Å². The summed E-state index contributed by atoms with van der Waals surface area (Å²) in [6.07, 6.45) is 1.45. The predicted molar refractivity (Wildman–Crippen MR) is 171 cm³/mol. The van der Waals surface area contributed by atoms with Gasteiger partial charge in [-0.05, 0) is 60.7 Å². The molecular weight excluding hydrogens is 585 g/mol. The van der Waals surface area contributed by atoms with Crippen molar-refractivity contribution in [1.82, 2.24) is 9.66 Å². The van der Waals surface area contributed by atoms with Crippen molar-refractivity contribution >= 4 is 57.0 Å². The van der Waals surface area contributed by atoms with E-state index in [-0.39, 0.29) is 11.5 Å². The number of amides is 1. The van der Waals surface area contributed by atoms with Gasteiger partial charge in [0.15, 0.2) is 12.4 Å². The number of para-hydroxylation sites is 2. The summed E-state index contributed by atoms with van der Waals surface area (Å²) >= 11 is 6.17. The summed E-state index contributed by atoms with van der Waals surface area (Å²) in [5.41, 5.74) is 1.99. The number of hydrogen-bond acceptors (Lipinski definition) is 7. The molecule has 1 N–H and O–H groups in total. The SMILES string of the molecule is CN(C)c1ccc(C=Nn2c(-c3cc4cc(Cl)ccc4o3)nc3ccccc3c2=O)c(OCC(=O)Nc2ccccc2F)c1. The molecular formula is C33H25ClFN5O4. The molecule has 2 heterocycles. The van der Waals surface area contributed by atoms with Crippen LogP contribution in [0.2, 0.25) is 5.02 Å². The summed E-state index contributed by atoms with van der Waals surface area (Å²) < 4.78 is 27.1. The van der Waals surface area contributed by atoms with E-state index in [4.69, 9.17) is 25.7 Å². The molecule has 2 aromatic heterocycles. The van der Waals surface area contributed by atoms with Gasteiger partial charge in [-0.1, -0.05) is 35.9 Å². The van der Waals surface area contributed by atoms with Crippen molar-refractivity contribution in [1.29, 1.82) is 0 Å². The second-order valence-corrected chi connectivity index (χ2v) is 10.5. The Hall–Kier alpha value is -5.48. The Bertz CT molecular complexity index is 2120. The van der Waals surface area contributed by atoms with Gasteiger partial charge in [0.05, 0.1) is 22.8 Å². The van der Waals surface area contributed by atoms with Gasteiger partial charge >= 0.3 is 0 Å². The lowest BCUT2D eigenvalue weighted by Gasteiger charge is -2.16. The van der Waals surface area contributed by atoms with Crippen LogP contribution in [-0.4, -0.2) is 42.5 Å². The molecule has 220 valence electrons. The van der Waals surface area contributed by atoms with Gasteiger partial charge in [-0.25, -0.2) is 9.37 Å². The number of ether oxygens (including phenoxy) is 1. The van der Waals surface area contributed by atoms with Crippen molar-refractivity contribution in [3.63, 3.8) is 0 Å². The van der Waals surface area contributed by atoms with E-state index in [1.54, 1.807) is 66.7 Å². The van der Waals surface area contributed by atoms with Crippen molar-refractivity contribution in [3.05, 3.63) is 118 Å². The van der Waals surface area contributed by atoms with Crippen LogP contribution in [0.15, 0.2) is 105 Å². The molecule has 0 fully saturated rings. The van der Waals surface area contributed by atoms with E-state index in [1.165, 1.54) is 24.4 Å². The lowest BCUT2D eigenvalue weighted by molar-refractivity contribution is -0.118. The van der Waals surface area contributed by atoms with Crippen LogP contribution in [-0.2, 0) is 4.79 Å². The first-order valence-electron chi connectivity index (χ1n) is 13.5. The summed E-state index contributed by atoms with van der Waals surface area (Å²) in [5.74, 6) is -0.262. The number of halogens is 2. The number of benzene rings is 4. The van der Waals surface area contributed by atoms with Crippen molar-refractivity contribution in [2.24, 2.45) is 5.10 Å². The highest BCUT2D eigenvalue weighted by molar-refractivity contribution is 6.31. The minimum absolute atomic E-state index is 0.0495. The molecule has 6 rings (SSSR count). The molecule has 0 saturated carbocycles. The molecule has 0 radical (unpaired) electrons. The zero-order valence-electron chi connectivity index (χ0n) is 23.6. The standard InChI is InChI=1S/C33H25ClFN5O4/c1-39(2)23-13-11-20(29(17-23)43-19-31(41)37-27-10-6-4-8-25(27)35)18-36-40-32(38-26-9-5-3-7-24(26)33(40)42)30-16-21-15-22(34)12-14-28(21)44-30/h3-18H,19H2,1-2H3,(H,37,41). The normalized spacial score (nSPS) is 11.4. The second-order valence-electron chi connectivity index (χ2n) is 10.0. The second kappa shape index (κ2) is 12.0. The number of hydrogen-bond donors (Lipinski definition) is 1. The zero-order valence-corrected chi connectivity index (χ0v) is 24.4. The number of nitrogens with zero attached hydrogens (tertiary/aromatic N) is 4. The maximum atomic E-state index is 14.0. The summed E-state index contributed by atoms with van der Waals surface area (Å²) in [6.45, 7) is -0.393. The molecule has 11 heteroatoms. The quantitative estimate of drug-likeness (QED) is 0.196. The highest BCUT2D eigenvalue weighted by Gasteiger charge is 2.17. The van der Waals surface area contributed by atoms with Crippen LogP contribution >= 0.6 is 11.6 Å². The van der Waals surface area contributed by atoms with Crippen LogP contribution in [0.1, 0.15) is 5.56 Å². The minimum atomic E-state index is -0.555. The number of anilines is 2. The topological polar surface area (TPSA) is 102 Å². The van der Waals surface area contributed by atoms with Gasteiger partial charge in [-0.3, -0.25) is 9.59 Å². The highest BCUT2D eigenvalue weighted by atomic mass is 35.5. The molecule has 0 saturated heterocycles. The molecule has 0 spiro atoms. The first-order chi connectivity index (χ1) is 21.3. The third kappa shape index (κ3) is 5.88. The van der Waals surface area contributed by atoms with E-state index >= 15 is 0 Å². The Morgan fingerprint density at radius 3 is 2.68 bits per heavy atom. The molecule has 0 aliphatic heterocycles. The van der Waals surface area contributed by atoms with E-state index in [0.29, 0.717) is 38.6 Å². The molecule has 1 amide bonds. The van der Waals surface area contributed by atoms with Gasteiger partial charge in [0.25, 0.3) is 11.5 Å². The van der Waals surface area contributed by atoms with E-state index < -0.39 is 23.9 Å². The average Bonchev–Trinajstić information content (AvgIpc) is 3.44. The molecule has 9 nitrogen and oxygen atoms in total. The van der Waals surface area contributed by atoms with Crippen molar-refractivity contribution < 1.29 is 18.3 Å². The van der Waals surface area contributed by atoms with Crippen molar-refractivity contribution in [2.75, 3.05) is 30.9 Å². The van der Waals surface area contributed by atoms with Crippen molar-refractivity contribution in [3.8, 4) is 17.3 Å². The van der Waals surface area contributed by atoms with Gasteiger partial charge in [0, 0.05) is 41.8 Å². The van der Waals surface area contributed by atoms with Gasteiger partial charge in [-0.2, -0.15) is 9.78 Å². The highest BCUT2D eigenvalue weighted by Crippen LogP contribution is 2.29. The predicted octanol–water partition coefficient (Wildman–Crippen LogP) is 6.57. The number of carbonyl (C=O) groups is 1. The fourth-order valence-electron chi connectivity index (χ4n) is 4.56. The maximum absolute atomic E-state index is 14.0. The molecule has 0 bridgehead atoms. The molecule has 6 aromatic rings. The van der Waals surface area contributed by atoms with E-state index in [9.17, 15) is 14.0 Å². The summed E-state index contributed by atoms with van der Waals surface area (Å²) in [6, 6.07) is 25.1. The minimum Gasteiger partial charge on any atom is -0.483 e. The number of nitrogens with one attached hydrogen (secondary N) is 1. The smallest absolute Gasteiger partial charge is 0.282 e. The van der Waals surface area contributed by atoms with Crippen LogP contribution < -0.4 is 20.5 Å². The fourth-order valence-corrected chi connectivity index (χ4v) is 4.74. The molecule has 0 atom stereocenters. The third-order valence-electron chi connectivity index (χ3n) is 6.79. The molecule has 0 unspecified atom stereocenters. The molecule has 44 heavy (non-hydrogen) atoms. The average molecular weight is 610 g/mol. The van der Waals surface area contributed by atoms with Gasteiger partial charge in [0.2, 0.25) is 5.82 Å². The van der Waals surface area contributed by atoms with E-state index in [2.05, 4.69) is 10.4 Å². The van der Waals surface area contributed by atoms with Crippen LogP contribution in [0.5, 0.6) is 5.75 Å². The Balaban J connectivity index is 1.38. The van der Waals surface area contributed by atoms with Crippen LogP contribution in [0.3, 0.4) is 0 Å². The number of carbonyl (C=O) groups excluding carboxylic acids is 1. The molecule has 0 aliphatic rings. The summed E-state index contributed by atoms with van der Waals surface area (Å²) in [4.78, 5) is 32.9. The lowest BCUT2D eigenvalue weighted by Crippen LogP contribution is -2.21. The van der Waals surface area contributed by atoms with Crippen LogP contribution in [0.4, 0.5) is 15.8 Å². The first kappa shape index (κ1) is 28.6. The number of fused-ring (bicyclic) bond motifs is 2. The Morgan fingerprint density at radius 1 is 1.07 bits per heavy atom. The largest absolute Gasteiger partial charge is 0.483 e. The third-order valence-corrected chi connectivity index (χ3v) is 7.02. The fraction of sp³-hybridized carbons (Fsp3) is 0.0909. The van der Waals surface area contributed by atoms with Gasteiger partial charge in [-0.15, -0.1) is 0 Å². The number of aromatic nitrogens is 2. The Morgan fingerprint density at radius 2 is 1.86 bits per heavy atom. The Kier molecular flexibility index (Phi) is 7.82. The first-order valence-corrected chi connectivity index (χ1v) is 13.9. The summed E-state index contributed by atoms with van der Waals surface area (Å²) in [5, 5.41) is 8.68.